The van der Waals surface area contributed by atoms with Crippen molar-refractivity contribution in [1.82, 2.24) is 9.97 Å². The summed E-state index contributed by atoms with van der Waals surface area (Å²) in [7, 11) is 0. The van der Waals surface area contributed by atoms with Crippen molar-refractivity contribution in [2.45, 2.75) is 45.8 Å². The molecule has 0 radical (unpaired) electrons. The number of rotatable bonds is 1. The first-order valence-electron chi connectivity index (χ1n) is 8.08. The van der Waals surface area contributed by atoms with Crippen LogP contribution in [-0.2, 0) is 0 Å². The van der Waals surface area contributed by atoms with Gasteiger partial charge in [-0.1, -0.05) is 32.0 Å². The Labute approximate surface area is 131 Å². The van der Waals surface area contributed by atoms with E-state index < -0.39 is 0 Å². The molecule has 0 amide bonds. The molecule has 0 bridgehead atoms. The minimum atomic E-state index is 0.294. The summed E-state index contributed by atoms with van der Waals surface area (Å²) in [5.74, 6) is 3.03. The fourth-order valence-electron chi connectivity index (χ4n) is 3.98. The van der Waals surface area contributed by atoms with Crippen LogP contribution in [0.1, 0.15) is 39.2 Å². The van der Waals surface area contributed by atoms with E-state index in [9.17, 15) is 0 Å². The van der Waals surface area contributed by atoms with Gasteiger partial charge in [0.15, 0.2) is 11.6 Å². The number of anilines is 3. The van der Waals surface area contributed by atoms with Crippen molar-refractivity contribution in [1.29, 1.82) is 0 Å². The Bertz CT molecular complexity index is 712. The maximum absolute atomic E-state index is 4.66. The maximum Gasteiger partial charge on any atom is 0.178 e. The van der Waals surface area contributed by atoms with Crippen LogP contribution in [0.25, 0.3) is 0 Å². The van der Waals surface area contributed by atoms with Crippen LogP contribution in [0.2, 0.25) is 0 Å². The molecule has 3 heterocycles. The molecule has 1 aromatic heterocycles. The van der Waals surface area contributed by atoms with Gasteiger partial charge in [-0.3, -0.25) is 0 Å². The first-order chi connectivity index (χ1) is 10.6. The fraction of sp³-hybridized carbons (Fsp3) is 0.444. The molecule has 4 heteroatoms. The fourth-order valence-corrected chi connectivity index (χ4v) is 3.98. The number of fused-ring (bicyclic) bond motifs is 5. The Morgan fingerprint density at radius 2 is 1.68 bits per heavy atom. The quantitative estimate of drug-likeness (QED) is 0.798. The van der Waals surface area contributed by atoms with Gasteiger partial charge in [-0.2, -0.15) is 0 Å². The second-order valence-electron chi connectivity index (χ2n) is 6.69. The van der Waals surface area contributed by atoms with Crippen LogP contribution in [0.4, 0.5) is 17.3 Å². The molecule has 4 nitrogen and oxygen atoms in total. The molecule has 2 aliphatic heterocycles. The highest BCUT2D eigenvalue weighted by Crippen LogP contribution is 2.52. The number of benzene rings is 1. The third-order valence-corrected chi connectivity index (χ3v) is 5.18. The lowest BCUT2D eigenvalue weighted by Crippen LogP contribution is -2.52. The zero-order valence-corrected chi connectivity index (χ0v) is 13.6. The molecule has 0 saturated carbocycles. The highest BCUT2D eigenvalue weighted by Gasteiger charge is 2.48. The molecule has 0 aliphatic carbocycles. The summed E-state index contributed by atoms with van der Waals surface area (Å²) >= 11 is 0. The van der Waals surface area contributed by atoms with Gasteiger partial charge in [0.25, 0.3) is 0 Å². The largest absolute Gasteiger partial charge is 0.330 e. The molecule has 0 saturated heterocycles. The van der Waals surface area contributed by atoms with Gasteiger partial charge in [0.2, 0.25) is 0 Å². The number of hydrogen-bond acceptors (Lipinski definition) is 4. The van der Waals surface area contributed by atoms with E-state index in [1.54, 1.807) is 12.4 Å². The number of hydrogen-bond donors (Lipinski definition) is 0. The van der Waals surface area contributed by atoms with E-state index in [1.807, 2.05) is 0 Å². The van der Waals surface area contributed by atoms with Crippen molar-refractivity contribution >= 4 is 17.3 Å². The lowest BCUT2D eigenvalue weighted by molar-refractivity contribution is 0.357. The van der Waals surface area contributed by atoms with E-state index in [4.69, 9.17) is 0 Å². The maximum atomic E-state index is 4.66. The average molecular weight is 294 g/mol. The monoisotopic (exact) mass is 294 g/mol. The van der Waals surface area contributed by atoms with Gasteiger partial charge < -0.3 is 9.80 Å². The molecular weight excluding hydrogens is 272 g/mol. The van der Waals surface area contributed by atoms with E-state index in [-0.39, 0.29) is 0 Å². The van der Waals surface area contributed by atoms with Crippen molar-refractivity contribution in [3.63, 3.8) is 0 Å². The molecule has 4 rings (SSSR count). The molecular formula is C18H22N4. The predicted molar refractivity (Wildman–Crippen MR) is 89.6 cm³/mol. The van der Waals surface area contributed by atoms with Crippen LogP contribution in [0.5, 0.6) is 0 Å². The Balaban J connectivity index is 1.97. The molecule has 2 aromatic rings. The van der Waals surface area contributed by atoms with Crippen LogP contribution in [0.3, 0.4) is 0 Å². The van der Waals surface area contributed by atoms with E-state index in [0.29, 0.717) is 24.0 Å². The molecule has 2 aliphatic rings. The SMILES string of the molecule is CC1c2ccccc2N2c3nccnc3N(C(C)C)C2C1C. The van der Waals surface area contributed by atoms with Crippen LogP contribution in [0, 0.1) is 5.92 Å². The first kappa shape index (κ1) is 13.6. The Kier molecular flexibility index (Phi) is 2.90. The molecule has 3 unspecified atom stereocenters. The number of para-hydroxylation sites is 1. The zero-order chi connectivity index (χ0) is 15.4. The Hall–Kier alpha value is -2.10. The van der Waals surface area contributed by atoms with Crippen molar-refractivity contribution in [3.05, 3.63) is 42.2 Å². The van der Waals surface area contributed by atoms with Gasteiger partial charge in [0.05, 0.1) is 0 Å². The van der Waals surface area contributed by atoms with Crippen LogP contribution >= 0.6 is 0 Å². The second-order valence-corrected chi connectivity index (χ2v) is 6.69. The summed E-state index contributed by atoms with van der Waals surface area (Å²) < 4.78 is 0. The Morgan fingerprint density at radius 3 is 2.41 bits per heavy atom. The van der Waals surface area contributed by atoms with Gasteiger partial charge in [-0.25, -0.2) is 9.97 Å². The third kappa shape index (κ3) is 1.64. The molecule has 0 spiro atoms. The number of aromatic nitrogens is 2. The predicted octanol–water partition coefficient (Wildman–Crippen LogP) is 3.92. The molecule has 0 fully saturated rings. The lowest BCUT2D eigenvalue weighted by Gasteiger charge is -2.45. The second kappa shape index (κ2) is 4.70. The van der Waals surface area contributed by atoms with E-state index in [2.05, 4.69) is 71.7 Å². The zero-order valence-electron chi connectivity index (χ0n) is 13.6. The van der Waals surface area contributed by atoms with E-state index >= 15 is 0 Å². The number of nitrogens with zero attached hydrogens (tertiary/aromatic N) is 4. The topological polar surface area (TPSA) is 32.3 Å². The van der Waals surface area contributed by atoms with Gasteiger partial charge in [0, 0.05) is 30.0 Å². The minimum Gasteiger partial charge on any atom is -0.330 e. The highest BCUT2D eigenvalue weighted by atomic mass is 15.5. The molecule has 0 N–H and O–H groups in total. The van der Waals surface area contributed by atoms with Gasteiger partial charge in [-0.15, -0.1) is 0 Å². The summed E-state index contributed by atoms with van der Waals surface area (Å²) in [6, 6.07) is 9.11. The lowest BCUT2D eigenvalue weighted by atomic mass is 9.81. The third-order valence-electron chi connectivity index (χ3n) is 5.18. The smallest absolute Gasteiger partial charge is 0.178 e. The molecule has 3 atom stereocenters. The summed E-state index contributed by atoms with van der Waals surface area (Å²) in [6.07, 6.45) is 3.89. The minimum absolute atomic E-state index is 0.294. The summed E-state index contributed by atoms with van der Waals surface area (Å²) in [5, 5.41) is 0. The summed E-state index contributed by atoms with van der Waals surface area (Å²) in [5.41, 5.74) is 2.69. The van der Waals surface area contributed by atoms with Gasteiger partial charge in [0.1, 0.15) is 6.17 Å². The van der Waals surface area contributed by atoms with Crippen molar-refractivity contribution in [3.8, 4) is 0 Å². The summed E-state index contributed by atoms with van der Waals surface area (Å²) in [4.78, 5) is 14.1. The van der Waals surface area contributed by atoms with Crippen LogP contribution in [0.15, 0.2) is 36.7 Å². The van der Waals surface area contributed by atoms with Crippen molar-refractivity contribution in [2.75, 3.05) is 9.80 Å². The standard InChI is InChI=1S/C18H22N4/c1-11(2)21-16-17(20-10-9-19-16)22-15-8-6-5-7-14(15)12(3)13(4)18(21)22/h5-13,18H,1-4H3. The van der Waals surface area contributed by atoms with Gasteiger partial charge in [-0.05, 0) is 31.4 Å². The van der Waals surface area contributed by atoms with Gasteiger partial charge >= 0.3 is 0 Å². The molecule has 22 heavy (non-hydrogen) atoms. The average Bonchev–Trinajstić information content (AvgIpc) is 2.88. The molecule has 1 aromatic carbocycles. The summed E-state index contributed by atoms with van der Waals surface area (Å²) in [6.45, 7) is 9.16. The first-order valence-corrected chi connectivity index (χ1v) is 8.08. The highest BCUT2D eigenvalue weighted by molar-refractivity contribution is 5.81. The Morgan fingerprint density at radius 1 is 1.00 bits per heavy atom. The van der Waals surface area contributed by atoms with Crippen molar-refractivity contribution < 1.29 is 0 Å². The van der Waals surface area contributed by atoms with E-state index in [1.165, 1.54) is 11.3 Å². The van der Waals surface area contributed by atoms with E-state index in [0.717, 1.165) is 11.6 Å². The van der Waals surface area contributed by atoms with Crippen molar-refractivity contribution in [2.24, 2.45) is 5.92 Å². The molecule has 114 valence electrons. The van der Waals surface area contributed by atoms with Crippen LogP contribution in [-0.4, -0.2) is 22.2 Å². The normalized spacial score (nSPS) is 26.0. The van der Waals surface area contributed by atoms with Crippen LogP contribution < -0.4 is 9.80 Å².